The van der Waals surface area contributed by atoms with Gasteiger partial charge in [0.1, 0.15) is 0 Å². The molecule has 1 saturated heterocycles. The van der Waals surface area contributed by atoms with Gasteiger partial charge < -0.3 is 10.4 Å². The van der Waals surface area contributed by atoms with E-state index < -0.39 is 11.4 Å². The zero-order valence-corrected chi connectivity index (χ0v) is 11.3. The number of nitrogens with one attached hydrogen (secondary N) is 1. The van der Waals surface area contributed by atoms with Crippen LogP contribution in [0.1, 0.15) is 37.8 Å². The van der Waals surface area contributed by atoms with Crippen molar-refractivity contribution in [2.45, 2.75) is 44.6 Å². The second kappa shape index (κ2) is 4.39. The van der Waals surface area contributed by atoms with Crippen molar-refractivity contribution in [2.75, 3.05) is 6.54 Å². The molecule has 1 aliphatic rings. The van der Waals surface area contributed by atoms with Crippen molar-refractivity contribution in [2.24, 2.45) is 0 Å². The third-order valence-corrected chi connectivity index (χ3v) is 3.97. The lowest BCUT2D eigenvalue weighted by Gasteiger charge is -2.43. The van der Waals surface area contributed by atoms with E-state index in [-0.39, 0.29) is 5.54 Å². The predicted octanol–water partition coefficient (Wildman–Crippen LogP) is 2.48. The highest BCUT2D eigenvalue weighted by Crippen LogP contribution is 2.40. The van der Waals surface area contributed by atoms with Gasteiger partial charge in [-0.1, -0.05) is 24.3 Å². The van der Waals surface area contributed by atoms with E-state index in [1.165, 1.54) is 0 Å². The highest BCUT2D eigenvalue weighted by atomic mass is 16.4. The molecule has 1 aromatic carbocycles. The van der Waals surface area contributed by atoms with E-state index in [9.17, 15) is 9.90 Å². The summed E-state index contributed by atoms with van der Waals surface area (Å²) in [6.07, 6.45) is 1.27. The summed E-state index contributed by atoms with van der Waals surface area (Å²) >= 11 is 0. The number of piperidine rings is 1. The molecule has 0 aromatic heterocycles. The minimum atomic E-state index is -0.750. The first-order valence-electron chi connectivity index (χ1n) is 6.42. The number of carbonyl (C=O) groups is 1. The molecule has 1 fully saturated rings. The fraction of sp³-hybridized carbons (Fsp3) is 0.533. The number of rotatable bonds is 2. The molecule has 0 spiro atoms. The molecule has 1 aromatic rings. The summed E-state index contributed by atoms with van der Waals surface area (Å²) in [7, 11) is 0. The van der Waals surface area contributed by atoms with Crippen LogP contribution in [0.25, 0.3) is 0 Å². The van der Waals surface area contributed by atoms with Gasteiger partial charge in [0, 0.05) is 5.54 Å². The first-order valence-corrected chi connectivity index (χ1v) is 6.42. The molecule has 0 bridgehead atoms. The molecule has 3 heteroatoms. The molecule has 1 unspecified atom stereocenters. The fourth-order valence-electron chi connectivity index (χ4n) is 3.16. The van der Waals surface area contributed by atoms with Crippen molar-refractivity contribution in [3.8, 4) is 0 Å². The molecular formula is C15H21NO2. The summed E-state index contributed by atoms with van der Waals surface area (Å²) < 4.78 is 0. The Morgan fingerprint density at radius 2 is 2.00 bits per heavy atom. The SMILES string of the molecule is Cc1ccccc1C1(C(=O)O)CCNC(C)(C)C1. The quantitative estimate of drug-likeness (QED) is 0.844. The maximum Gasteiger partial charge on any atom is 0.314 e. The Labute approximate surface area is 108 Å². The topological polar surface area (TPSA) is 49.3 Å². The summed E-state index contributed by atoms with van der Waals surface area (Å²) in [5.41, 5.74) is 1.14. The average molecular weight is 247 g/mol. The van der Waals surface area contributed by atoms with E-state index in [4.69, 9.17) is 0 Å². The normalized spacial score (nSPS) is 26.8. The molecular weight excluding hydrogens is 226 g/mol. The summed E-state index contributed by atoms with van der Waals surface area (Å²) in [6, 6.07) is 7.85. The van der Waals surface area contributed by atoms with Crippen LogP contribution in [0.5, 0.6) is 0 Å². The summed E-state index contributed by atoms with van der Waals surface area (Å²) in [4.78, 5) is 11.9. The number of benzene rings is 1. The molecule has 0 saturated carbocycles. The van der Waals surface area contributed by atoms with Crippen molar-refractivity contribution in [1.82, 2.24) is 5.32 Å². The van der Waals surface area contributed by atoms with Crippen LogP contribution in [0.3, 0.4) is 0 Å². The van der Waals surface area contributed by atoms with E-state index in [1.54, 1.807) is 0 Å². The Balaban J connectivity index is 2.52. The van der Waals surface area contributed by atoms with Crippen LogP contribution in [-0.4, -0.2) is 23.2 Å². The Morgan fingerprint density at radius 3 is 2.56 bits per heavy atom. The van der Waals surface area contributed by atoms with E-state index in [1.807, 2.05) is 31.2 Å². The highest BCUT2D eigenvalue weighted by molar-refractivity contribution is 5.82. The van der Waals surface area contributed by atoms with Crippen LogP contribution in [0.15, 0.2) is 24.3 Å². The third kappa shape index (κ3) is 2.15. The summed E-state index contributed by atoms with van der Waals surface area (Å²) in [5, 5.41) is 13.2. The molecule has 98 valence electrons. The van der Waals surface area contributed by atoms with Crippen LogP contribution in [-0.2, 0) is 10.2 Å². The smallest absolute Gasteiger partial charge is 0.314 e. The minimum absolute atomic E-state index is 0.140. The predicted molar refractivity (Wildman–Crippen MR) is 71.8 cm³/mol. The number of hydrogen-bond acceptors (Lipinski definition) is 2. The number of aliphatic carboxylic acids is 1. The molecule has 0 amide bonds. The summed E-state index contributed by atoms with van der Waals surface area (Å²) in [5.74, 6) is -0.702. The number of carboxylic acids is 1. The van der Waals surface area contributed by atoms with E-state index in [0.29, 0.717) is 12.8 Å². The molecule has 2 rings (SSSR count). The van der Waals surface area contributed by atoms with Crippen LogP contribution < -0.4 is 5.32 Å². The minimum Gasteiger partial charge on any atom is -0.481 e. The van der Waals surface area contributed by atoms with Crippen molar-refractivity contribution in [3.05, 3.63) is 35.4 Å². The van der Waals surface area contributed by atoms with Gasteiger partial charge in [0.05, 0.1) is 5.41 Å². The highest BCUT2D eigenvalue weighted by Gasteiger charge is 2.47. The number of aryl methyl sites for hydroxylation is 1. The summed E-state index contributed by atoms with van der Waals surface area (Å²) in [6.45, 7) is 6.88. The van der Waals surface area contributed by atoms with E-state index in [2.05, 4.69) is 19.2 Å². The third-order valence-electron chi connectivity index (χ3n) is 3.97. The Kier molecular flexibility index (Phi) is 3.20. The van der Waals surface area contributed by atoms with Gasteiger partial charge in [-0.25, -0.2) is 0 Å². The van der Waals surface area contributed by atoms with Gasteiger partial charge in [-0.3, -0.25) is 4.79 Å². The number of hydrogen-bond donors (Lipinski definition) is 2. The van der Waals surface area contributed by atoms with Crippen molar-refractivity contribution in [1.29, 1.82) is 0 Å². The van der Waals surface area contributed by atoms with Gasteiger partial charge in [0.2, 0.25) is 0 Å². The van der Waals surface area contributed by atoms with Gasteiger partial charge in [-0.15, -0.1) is 0 Å². The molecule has 1 aliphatic heterocycles. The Bertz CT molecular complexity index is 467. The Hall–Kier alpha value is -1.35. The molecule has 1 atom stereocenters. The maximum absolute atomic E-state index is 11.9. The largest absolute Gasteiger partial charge is 0.481 e. The standard InChI is InChI=1S/C15H21NO2/c1-11-6-4-5-7-12(11)15(13(17)18)8-9-16-14(2,3)10-15/h4-7,16H,8-10H2,1-3H3,(H,17,18). The lowest BCUT2D eigenvalue weighted by Crippen LogP contribution is -2.55. The molecule has 0 radical (unpaired) electrons. The first-order chi connectivity index (χ1) is 8.37. The first kappa shape index (κ1) is 13.1. The molecule has 1 heterocycles. The molecule has 0 aliphatic carbocycles. The maximum atomic E-state index is 11.9. The average Bonchev–Trinajstić information content (AvgIpc) is 2.27. The monoisotopic (exact) mass is 247 g/mol. The van der Waals surface area contributed by atoms with Crippen LogP contribution in [0, 0.1) is 6.92 Å². The van der Waals surface area contributed by atoms with Gasteiger partial charge in [-0.05, 0) is 51.3 Å². The molecule has 18 heavy (non-hydrogen) atoms. The van der Waals surface area contributed by atoms with E-state index >= 15 is 0 Å². The lowest BCUT2D eigenvalue weighted by atomic mass is 9.66. The van der Waals surface area contributed by atoms with Gasteiger partial charge in [0.15, 0.2) is 0 Å². The van der Waals surface area contributed by atoms with Crippen LogP contribution in [0.2, 0.25) is 0 Å². The molecule has 2 N–H and O–H groups in total. The van der Waals surface area contributed by atoms with Crippen molar-refractivity contribution in [3.63, 3.8) is 0 Å². The van der Waals surface area contributed by atoms with Crippen LogP contribution in [0.4, 0.5) is 0 Å². The Morgan fingerprint density at radius 1 is 1.33 bits per heavy atom. The number of carboxylic acid groups (broad SMARTS) is 1. The van der Waals surface area contributed by atoms with Crippen LogP contribution >= 0.6 is 0 Å². The zero-order chi connectivity index (χ0) is 13.4. The van der Waals surface area contributed by atoms with Crippen molar-refractivity contribution >= 4 is 5.97 Å². The zero-order valence-electron chi connectivity index (χ0n) is 11.3. The molecule has 3 nitrogen and oxygen atoms in total. The fourth-order valence-corrected chi connectivity index (χ4v) is 3.16. The van der Waals surface area contributed by atoms with Gasteiger partial charge in [-0.2, -0.15) is 0 Å². The van der Waals surface area contributed by atoms with Crippen molar-refractivity contribution < 1.29 is 9.90 Å². The second-order valence-electron chi connectivity index (χ2n) is 5.94. The lowest BCUT2D eigenvalue weighted by molar-refractivity contribution is -0.146. The van der Waals surface area contributed by atoms with Gasteiger partial charge in [0.25, 0.3) is 0 Å². The van der Waals surface area contributed by atoms with E-state index in [0.717, 1.165) is 17.7 Å². The second-order valence-corrected chi connectivity index (χ2v) is 5.94. The van der Waals surface area contributed by atoms with Gasteiger partial charge >= 0.3 is 5.97 Å².